The van der Waals surface area contributed by atoms with Crippen molar-refractivity contribution in [3.8, 4) is 0 Å². The van der Waals surface area contributed by atoms with E-state index >= 15 is 0 Å². The van der Waals surface area contributed by atoms with Gasteiger partial charge in [-0.25, -0.2) is 9.59 Å². The third kappa shape index (κ3) is 4.76. The molecule has 0 aromatic rings. The van der Waals surface area contributed by atoms with Crippen molar-refractivity contribution in [2.24, 2.45) is 46.3 Å². The number of hydrogen-bond donors (Lipinski definition) is 2. The van der Waals surface area contributed by atoms with Crippen molar-refractivity contribution in [1.29, 1.82) is 0 Å². The van der Waals surface area contributed by atoms with Gasteiger partial charge in [0.1, 0.15) is 12.4 Å². The minimum absolute atomic E-state index is 0.332. The van der Waals surface area contributed by atoms with Gasteiger partial charge in [-0.3, -0.25) is 4.79 Å². The summed E-state index contributed by atoms with van der Waals surface area (Å²) in [6.45, 7) is 7.97. The van der Waals surface area contributed by atoms with Crippen LogP contribution in [-0.2, 0) is 19.1 Å². The van der Waals surface area contributed by atoms with Crippen LogP contribution < -0.4 is 0 Å². The smallest absolute Gasteiger partial charge is 0.341 e. The van der Waals surface area contributed by atoms with Crippen LogP contribution in [0.4, 0.5) is 0 Å². The molecule has 8 atom stereocenters. The van der Waals surface area contributed by atoms with Crippen LogP contribution in [0, 0.1) is 46.3 Å². The van der Waals surface area contributed by atoms with Crippen LogP contribution in [0.15, 0.2) is 0 Å². The summed E-state index contributed by atoms with van der Waals surface area (Å²) in [5.41, 5.74) is 0.948. The Morgan fingerprint density at radius 2 is 1.59 bits per heavy atom. The van der Waals surface area contributed by atoms with Crippen LogP contribution in [0.25, 0.3) is 0 Å². The summed E-state index contributed by atoms with van der Waals surface area (Å²) < 4.78 is 3.96. The molecule has 0 saturated heterocycles. The van der Waals surface area contributed by atoms with Crippen LogP contribution in [0.1, 0.15) is 85.5 Å². The van der Waals surface area contributed by atoms with Gasteiger partial charge in [0, 0.05) is 5.92 Å². The number of carbonyl (C=O) groups excluding carboxylic acids is 2. The molecule has 2 N–H and O–H groups in total. The molecule has 182 valence electrons. The molecule has 32 heavy (non-hydrogen) atoms. The minimum Gasteiger partial charge on any atom is -0.479 e. The lowest BCUT2D eigenvalue weighted by atomic mass is 9.44. The van der Waals surface area contributed by atoms with E-state index in [-0.39, 0.29) is 0 Å². The molecule has 8 unspecified atom stereocenters. The van der Waals surface area contributed by atoms with Gasteiger partial charge in [0.2, 0.25) is 0 Å². The predicted octanol–water partition coefficient (Wildman–Crippen LogP) is 4.48. The van der Waals surface area contributed by atoms with E-state index in [4.69, 9.17) is 10.2 Å². The van der Waals surface area contributed by atoms with Crippen molar-refractivity contribution in [2.75, 3.05) is 13.2 Å². The van der Waals surface area contributed by atoms with Crippen LogP contribution in [0.2, 0.25) is 0 Å². The second-order valence-electron chi connectivity index (χ2n) is 11.5. The van der Waals surface area contributed by atoms with E-state index in [0.717, 1.165) is 29.6 Å². The first kappa shape index (κ1) is 25.2. The standard InChI is InChI=1S/C22H36O.C4H6O5/c1-14-9-11-21(3)16(13-14)5-6-17-19-8-7-18(15(2)23)22(19,4)12-10-20(17)21;5-1-4(8)9-2-3(6)7/h14,16-20H,5-13H2,1-4H3;5H,1-2H2,(H,6,7). The number of Topliss-reactive ketones (excluding diaryl/α,β-unsaturated/α-hetero) is 1. The number of esters is 1. The molecule has 4 saturated carbocycles. The van der Waals surface area contributed by atoms with E-state index in [9.17, 15) is 14.4 Å². The second kappa shape index (κ2) is 9.82. The van der Waals surface area contributed by atoms with Crippen molar-refractivity contribution in [1.82, 2.24) is 0 Å². The van der Waals surface area contributed by atoms with Crippen molar-refractivity contribution < 1.29 is 29.3 Å². The normalized spacial score (nSPS) is 42.4. The highest BCUT2D eigenvalue weighted by molar-refractivity contribution is 5.79. The molecule has 0 bridgehead atoms. The SMILES string of the molecule is CC(=O)C1CCC2C3CCC4CC(C)CCC4(C)C3CCC12C.O=C(O)COC(=O)CO. The topological polar surface area (TPSA) is 101 Å². The lowest BCUT2D eigenvalue weighted by Crippen LogP contribution is -2.53. The fourth-order valence-electron chi connectivity index (χ4n) is 8.33. The van der Waals surface area contributed by atoms with Crippen LogP contribution in [0.5, 0.6) is 0 Å². The Kier molecular flexibility index (Phi) is 7.73. The number of ketones is 1. The van der Waals surface area contributed by atoms with Gasteiger partial charge in [-0.2, -0.15) is 0 Å². The maximum atomic E-state index is 12.2. The lowest BCUT2D eigenvalue weighted by molar-refractivity contribution is -0.156. The van der Waals surface area contributed by atoms with Crippen molar-refractivity contribution in [2.45, 2.75) is 85.5 Å². The quantitative estimate of drug-likeness (QED) is 0.613. The van der Waals surface area contributed by atoms with Gasteiger partial charge in [0.05, 0.1) is 0 Å². The van der Waals surface area contributed by atoms with E-state index in [2.05, 4.69) is 25.5 Å². The average Bonchev–Trinajstić information content (AvgIpc) is 3.10. The monoisotopic (exact) mass is 450 g/mol. The van der Waals surface area contributed by atoms with Gasteiger partial charge in [0.15, 0.2) is 6.61 Å². The number of carboxylic acid groups (broad SMARTS) is 1. The number of carbonyl (C=O) groups is 3. The number of aliphatic hydroxyl groups is 1. The molecule has 0 spiro atoms. The van der Waals surface area contributed by atoms with Gasteiger partial charge < -0.3 is 14.9 Å². The summed E-state index contributed by atoms with van der Waals surface area (Å²) in [6.07, 6.45) is 12.6. The summed E-state index contributed by atoms with van der Waals surface area (Å²) in [7, 11) is 0. The Labute approximate surface area is 192 Å². The van der Waals surface area contributed by atoms with E-state index in [1.807, 2.05) is 6.92 Å². The van der Waals surface area contributed by atoms with Gasteiger partial charge in [0.25, 0.3) is 0 Å². The molecule has 4 aliphatic rings. The van der Waals surface area contributed by atoms with Crippen molar-refractivity contribution >= 4 is 17.7 Å². The number of fused-ring (bicyclic) bond motifs is 5. The van der Waals surface area contributed by atoms with E-state index < -0.39 is 25.2 Å². The molecule has 0 aliphatic heterocycles. The van der Waals surface area contributed by atoms with Crippen molar-refractivity contribution in [3.05, 3.63) is 0 Å². The van der Waals surface area contributed by atoms with E-state index in [1.54, 1.807) is 0 Å². The Balaban J connectivity index is 0.000000275. The minimum atomic E-state index is -1.24. The molecule has 6 nitrogen and oxygen atoms in total. The summed E-state index contributed by atoms with van der Waals surface area (Å²) >= 11 is 0. The first-order valence-corrected chi connectivity index (χ1v) is 12.5. The van der Waals surface area contributed by atoms with Gasteiger partial charge in [-0.1, -0.05) is 27.2 Å². The van der Waals surface area contributed by atoms with Gasteiger partial charge >= 0.3 is 11.9 Å². The molecule has 0 aromatic heterocycles. The first-order chi connectivity index (χ1) is 15.0. The van der Waals surface area contributed by atoms with Crippen LogP contribution in [0.3, 0.4) is 0 Å². The van der Waals surface area contributed by atoms with Gasteiger partial charge in [-0.05, 0) is 98.7 Å². The van der Waals surface area contributed by atoms with E-state index in [0.29, 0.717) is 22.5 Å². The van der Waals surface area contributed by atoms with Crippen molar-refractivity contribution in [3.63, 3.8) is 0 Å². The van der Waals surface area contributed by atoms with Gasteiger partial charge in [-0.15, -0.1) is 0 Å². The largest absolute Gasteiger partial charge is 0.479 e. The number of ether oxygens (including phenoxy) is 1. The molecule has 0 aromatic carbocycles. The summed E-state index contributed by atoms with van der Waals surface area (Å²) in [6, 6.07) is 0. The lowest BCUT2D eigenvalue weighted by Gasteiger charge is -2.61. The average molecular weight is 451 g/mol. The second-order valence-corrected chi connectivity index (χ2v) is 11.5. The number of aliphatic carboxylic acids is 1. The molecule has 0 amide bonds. The molecule has 0 radical (unpaired) electrons. The van der Waals surface area contributed by atoms with Crippen LogP contribution >= 0.6 is 0 Å². The Bertz CT molecular complexity index is 719. The third-order valence-electron chi connectivity index (χ3n) is 9.90. The number of hydrogen-bond acceptors (Lipinski definition) is 5. The summed E-state index contributed by atoms with van der Waals surface area (Å²) in [5.74, 6) is 3.32. The highest BCUT2D eigenvalue weighted by Gasteiger charge is 2.60. The van der Waals surface area contributed by atoms with Crippen LogP contribution in [-0.4, -0.2) is 41.1 Å². The van der Waals surface area contributed by atoms with E-state index in [1.165, 1.54) is 57.8 Å². The highest BCUT2D eigenvalue weighted by atomic mass is 16.6. The number of aliphatic hydroxyl groups excluding tert-OH is 1. The highest BCUT2D eigenvalue weighted by Crippen LogP contribution is 2.67. The molecule has 4 aliphatic carbocycles. The molecular weight excluding hydrogens is 408 g/mol. The zero-order chi connectivity index (χ0) is 23.7. The zero-order valence-corrected chi connectivity index (χ0v) is 20.3. The maximum Gasteiger partial charge on any atom is 0.341 e. The predicted molar refractivity (Wildman–Crippen MR) is 121 cm³/mol. The number of carboxylic acids is 1. The molecule has 0 heterocycles. The fourth-order valence-corrected chi connectivity index (χ4v) is 8.33. The Hall–Kier alpha value is -1.43. The summed E-state index contributed by atoms with van der Waals surface area (Å²) in [5, 5.41) is 15.9. The Morgan fingerprint density at radius 1 is 0.938 bits per heavy atom. The molecular formula is C26H42O6. The fraction of sp³-hybridized carbons (Fsp3) is 0.885. The molecule has 6 heteroatoms. The zero-order valence-electron chi connectivity index (χ0n) is 20.3. The third-order valence-corrected chi connectivity index (χ3v) is 9.90. The number of rotatable bonds is 4. The first-order valence-electron chi connectivity index (χ1n) is 12.5. The molecule has 4 rings (SSSR count). The summed E-state index contributed by atoms with van der Waals surface area (Å²) in [4.78, 5) is 31.8. The maximum absolute atomic E-state index is 12.2. The molecule has 4 fully saturated rings. The Morgan fingerprint density at radius 3 is 2.22 bits per heavy atom.